The number of aromatic nitrogens is 1. The topological polar surface area (TPSA) is 49.3 Å². The molecular weight excluding hydrogens is 340 g/mol. The summed E-state index contributed by atoms with van der Waals surface area (Å²) in [6.07, 6.45) is 1.08. The van der Waals surface area contributed by atoms with Crippen molar-refractivity contribution in [2.45, 2.75) is 20.3 Å². The van der Waals surface area contributed by atoms with Gasteiger partial charge in [-0.15, -0.1) is 11.3 Å². The van der Waals surface area contributed by atoms with Crippen molar-refractivity contribution in [1.29, 1.82) is 0 Å². The first-order valence-electron chi connectivity index (χ1n) is 8.88. The van der Waals surface area contributed by atoms with Gasteiger partial charge in [0.1, 0.15) is 0 Å². The van der Waals surface area contributed by atoms with Crippen LogP contribution in [-0.4, -0.2) is 24.0 Å². The smallest absolute Gasteiger partial charge is 0.197 e. The second-order valence-electron chi connectivity index (χ2n) is 6.54. The fourth-order valence-corrected chi connectivity index (χ4v) is 3.94. The van der Waals surface area contributed by atoms with Crippen molar-refractivity contribution in [3.63, 3.8) is 0 Å². The maximum atomic E-state index is 4.79. The van der Waals surface area contributed by atoms with Crippen molar-refractivity contribution in [1.82, 2.24) is 10.3 Å². The number of hydrogen-bond acceptors (Lipinski definition) is 5. The van der Waals surface area contributed by atoms with Gasteiger partial charge in [0.15, 0.2) is 11.1 Å². The molecule has 4 nitrogen and oxygen atoms in total. The van der Waals surface area contributed by atoms with Crippen molar-refractivity contribution in [3.8, 4) is 22.4 Å². The van der Waals surface area contributed by atoms with Crippen LogP contribution in [0.15, 0.2) is 52.8 Å². The minimum atomic E-state index is 0.819. The van der Waals surface area contributed by atoms with Gasteiger partial charge in [0.25, 0.3) is 0 Å². The summed E-state index contributed by atoms with van der Waals surface area (Å²) in [6.45, 7) is 6.12. The van der Waals surface area contributed by atoms with E-state index in [0.29, 0.717) is 0 Å². The molecule has 132 valence electrons. The zero-order valence-electron chi connectivity index (χ0n) is 15.0. The first kappa shape index (κ1) is 16.8. The number of rotatable bonds is 3. The van der Waals surface area contributed by atoms with Gasteiger partial charge in [-0.1, -0.05) is 48.0 Å². The number of aliphatic imine (C=N–C) groups is 1. The molecule has 0 fully saturated rings. The SMILES string of the molecule is Cc1ccc(-c2ccccc2-c2csc(NC3=NCCCN3)n2)c(C)c1. The average molecular weight is 363 g/mol. The highest BCUT2D eigenvalue weighted by molar-refractivity contribution is 7.14. The highest BCUT2D eigenvalue weighted by atomic mass is 32.1. The van der Waals surface area contributed by atoms with E-state index in [4.69, 9.17) is 4.98 Å². The quantitative estimate of drug-likeness (QED) is 0.700. The van der Waals surface area contributed by atoms with Gasteiger partial charge in [0.2, 0.25) is 0 Å². The van der Waals surface area contributed by atoms with E-state index in [1.165, 1.54) is 22.3 Å². The van der Waals surface area contributed by atoms with E-state index in [9.17, 15) is 0 Å². The Bertz CT molecular complexity index is 958. The first-order valence-corrected chi connectivity index (χ1v) is 9.76. The average Bonchev–Trinajstić information content (AvgIpc) is 3.11. The fourth-order valence-electron chi connectivity index (χ4n) is 3.23. The molecule has 4 rings (SSSR count). The molecule has 2 heterocycles. The predicted octanol–water partition coefficient (Wildman–Crippen LogP) is 4.86. The number of aryl methyl sites for hydroxylation is 2. The summed E-state index contributed by atoms with van der Waals surface area (Å²) in [5.74, 6) is 0.819. The largest absolute Gasteiger partial charge is 0.356 e. The maximum Gasteiger partial charge on any atom is 0.197 e. The number of benzene rings is 2. The number of nitrogens with one attached hydrogen (secondary N) is 2. The molecule has 5 heteroatoms. The normalized spacial score (nSPS) is 13.8. The van der Waals surface area contributed by atoms with Gasteiger partial charge in [-0.05, 0) is 37.0 Å². The third kappa shape index (κ3) is 3.48. The molecule has 0 aliphatic carbocycles. The minimum Gasteiger partial charge on any atom is -0.356 e. The Morgan fingerprint density at radius 2 is 1.88 bits per heavy atom. The second-order valence-corrected chi connectivity index (χ2v) is 7.40. The zero-order chi connectivity index (χ0) is 17.9. The molecule has 26 heavy (non-hydrogen) atoms. The first-order chi connectivity index (χ1) is 12.7. The molecule has 2 N–H and O–H groups in total. The predicted molar refractivity (Wildman–Crippen MR) is 111 cm³/mol. The molecule has 0 radical (unpaired) electrons. The van der Waals surface area contributed by atoms with Crippen molar-refractivity contribution < 1.29 is 0 Å². The van der Waals surface area contributed by atoms with E-state index in [0.717, 1.165) is 41.9 Å². The van der Waals surface area contributed by atoms with Crippen LogP contribution >= 0.6 is 11.3 Å². The Morgan fingerprint density at radius 1 is 1.04 bits per heavy atom. The van der Waals surface area contributed by atoms with Crippen LogP contribution in [0.4, 0.5) is 5.13 Å². The summed E-state index contributed by atoms with van der Waals surface area (Å²) < 4.78 is 0. The van der Waals surface area contributed by atoms with E-state index in [2.05, 4.69) is 77.3 Å². The third-order valence-electron chi connectivity index (χ3n) is 4.50. The van der Waals surface area contributed by atoms with Crippen molar-refractivity contribution >= 4 is 22.4 Å². The second kappa shape index (κ2) is 7.30. The lowest BCUT2D eigenvalue weighted by Gasteiger charge is -2.14. The van der Waals surface area contributed by atoms with Crippen LogP contribution in [0.5, 0.6) is 0 Å². The number of guanidine groups is 1. The highest BCUT2D eigenvalue weighted by Crippen LogP contribution is 2.35. The van der Waals surface area contributed by atoms with E-state index < -0.39 is 0 Å². The number of thiazole rings is 1. The van der Waals surface area contributed by atoms with Gasteiger partial charge in [0.05, 0.1) is 5.69 Å². The summed E-state index contributed by atoms with van der Waals surface area (Å²) >= 11 is 1.61. The molecule has 0 saturated carbocycles. The summed E-state index contributed by atoms with van der Waals surface area (Å²) in [5.41, 5.74) is 7.19. The number of nitrogens with zero attached hydrogens (tertiary/aromatic N) is 2. The van der Waals surface area contributed by atoms with Crippen LogP contribution in [0, 0.1) is 13.8 Å². The van der Waals surface area contributed by atoms with Crippen molar-refractivity contribution in [2.75, 3.05) is 18.4 Å². The Hall–Kier alpha value is -2.66. The Balaban J connectivity index is 1.67. The molecule has 2 aromatic carbocycles. The van der Waals surface area contributed by atoms with Gasteiger partial charge < -0.3 is 10.6 Å². The molecule has 0 saturated heterocycles. The third-order valence-corrected chi connectivity index (χ3v) is 5.26. The summed E-state index contributed by atoms with van der Waals surface area (Å²) in [5, 5.41) is 9.54. The van der Waals surface area contributed by atoms with Gasteiger partial charge in [-0.25, -0.2) is 4.98 Å². The molecule has 0 atom stereocenters. The van der Waals surface area contributed by atoms with E-state index in [1.54, 1.807) is 11.3 Å². The fraction of sp³-hybridized carbons (Fsp3) is 0.238. The van der Waals surface area contributed by atoms with Crippen LogP contribution in [0.3, 0.4) is 0 Å². The summed E-state index contributed by atoms with van der Waals surface area (Å²) in [6, 6.07) is 15.1. The molecular formula is C21H22N4S. The van der Waals surface area contributed by atoms with Crippen LogP contribution < -0.4 is 10.6 Å². The number of hydrogen-bond donors (Lipinski definition) is 2. The Labute approximate surface area is 158 Å². The van der Waals surface area contributed by atoms with E-state index in [1.807, 2.05) is 0 Å². The molecule has 0 unspecified atom stereocenters. The van der Waals surface area contributed by atoms with Crippen LogP contribution in [0.2, 0.25) is 0 Å². The monoisotopic (exact) mass is 362 g/mol. The lowest BCUT2D eigenvalue weighted by Crippen LogP contribution is -2.35. The van der Waals surface area contributed by atoms with E-state index in [-0.39, 0.29) is 0 Å². The van der Waals surface area contributed by atoms with Crippen LogP contribution in [0.25, 0.3) is 22.4 Å². The zero-order valence-corrected chi connectivity index (χ0v) is 15.9. The minimum absolute atomic E-state index is 0.819. The number of anilines is 1. The molecule has 0 amide bonds. The van der Waals surface area contributed by atoms with Crippen molar-refractivity contribution in [3.05, 3.63) is 59.0 Å². The van der Waals surface area contributed by atoms with Crippen LogP contribution in [0.1, 0.15) is 17.5 Å². The molecule has 0 spiro atoms. The van der Waals surface area contributed by atoms with Gasteiger partial charge >= 0.3 is 0 Å². The highest BCUT2D eigenvalue weighted by Gasteiger charge is 2.13. The van der Waals surface area contributed by atoms with Crippen LogP contribution in [-0.2, 0) is 0 Å². The molecule has 0 bridgehead atoms. The molecule has 1 aromatic heterocycles. The molecule has 1 aliphatic heterocycles. The van der Waals surface area contributed by atoms with Gasteiger partial charge in [-0.2, -0.15) is 0 Å². The standard InChI is InChI=1S/C21H22N4S/c1-14-8-9-16(15(2)12-14)17-6-3-4-7-18(17)19-13-26-21(24-19)25-20-22-10-5-11-23-20/h3-4,6-9,12-13H,5,10-11H2,1-2H3,(H2,22,23,24,25). The Kier molecular flexibility index (Phi) is 4.71. The van der Waals surface area contributed by atoms with Gasteiger partial charge in [0, 0.05) is 24.0 Å². The lowest BCUT2D eigenvalue weighted by atomic mass is 9.94. The molecule has 1 aliphatic rings. The van der Waals surface area contributed by atoms with Gasteiger partial charge in [-0.3, -0.25) is 4.99 Å². The maximum absolute atomic E-state index is 4.79. The van der Waals surface area contributed by atoms with Crippen molar-refractivity contribution in [2.24, 2.45) is 4.99 Å². The molecule has 3 aromatic rings. The summed E-state index contributed by atoms with van der Waals surface area (Å²) in [7, 11) is 0. The Morgan fingerprint density at radius 3 is 2.65 bits per heavy atom. The summed E-state index contributed by atoms with van der Waals surface area (Å²) in [4.78, 5) is 9.25. The lowest BCUT2D eigenvalue weighted by molar-refractivity contribution is 0.740. The van der Waals surface area contributed by atoms with E-state index >= 15 is 0 Å².